The van der Waals surface area contributed by atoms with Crippen molar-refractivity contribution in [2.24, 2.45) is 0 Å². The van der Waals surface area contributed by atoms with Crippen molar-refractivity contribution < 1.29 is 13.2 Å². The Labute approximate surface area is 106 Å². The molecule has 0 radical (unpaired) electrons. The summed E-state index contributed by atoms with van der Waals surface area (Å²) in [6.07, 6.45) is -4.34. The van der Waals surface area contributed by atoms with E-state index in [-0.39, 0.29) is 5.69 Å². The van der Waals surface area contributed by atoms with Crippen LogP contribution in [-0.2, 0) is 12.7 Å². The van der Waals surface area contributed by atoms with E-state index in [2.05, 4.69) is 10.3 Å². The molecule has 0 bridgehead atoms. The molecular formula is C12H11F3N2S. The Morgan fingerprint density at radius 1 is 1.28 bits per heavy atom. The van der Waals surface area contributed by atoms with Crippen LogP contribution in [0, 0.1) is 6.92 Å². The highest BCUT2D eigenvalue weighted by atomic mass is 32.1. The number of hydrogen-bond donors (Lipinski definition) is 1. The van der Waals surface area contributed by atoms with Gasteiger partial charge in [0.1, 0.15) is 0 Å². The van der Waals surface area contributed by atoms with Gasteiger partial charge in [0.2, 0.25) is 0 Å². The summed E-state index contributed by atoms with van der Waals surface area (Å²) in [6.45, 7) is 2.19. The first kappa shape index (κ1) is 12.9. The molecule has 0 saturated heterocycles. The van der Waals surface area contributed by atoms with Crippen LogP contribution >= 0.6 is 11.3 Å². The van der Waals surface area contributed by atoms with Crippen LogP contribution in [0.2, 0.25) is 0 Å². The fraction of sp³-hybridized carbons (Fsp3) is 0.250. The molecular weight excluding hydrogens is 261 g/mol. The molecule has 0 spiro atoms. The average Bonchev–Trinajstić information content (AvgIpc) is 2.71. The summed E-state index contributed by atoms with van der Waals surface area (Å²) in [6, 6.07) is 5.46. The summed E-state index contributed by atoms with van der Waals surface area (Å²) >= 11 is 1.43. The van der Waals surface area contributed by atoms with Crippen molar-refractivity contribution >= 4 is 17.0 Å². The summed E-state index contributed by atoms with van der Waals surface area (Å²) < 4.78 is 38.2. The van der Waals surface area contributed by atoms with Crippen LogP contribution < -0.4 is 5.32 Å². The topological polar surface area (TPSA) is 24.9 Å². The standard InChI is InChI=1S/C12H11F3N2S/c1-8-11(18-7-17-8)6-16-10-5-3-2-4-9(10)12(13,14)15/h2-5,7,16H,6H2,1H3. The number of anilines is 1. The smallest absolute Gasteiger partial charge is 0.380 e. The van der Waals surface area contributed by atoms with Gasteiger partial charge in [-0.05, 0) is 19.1 Å². The Morgan fingerprint density at radius 2 is 2.00 bits per heavy atom. The molecule has 6 heteroatoms. The fourth-order valence-corrected chi connectivity index (χ4v) is 2.27. The maximum absolute atomic E-state index is 12.7. The number of alkyl halides is 3. The van der Waals surface area contributed by atoms with E-state index in [1.807, 2.05) is 6.92 Å². The third-order valence-electron chi connectivity index (χ3n) is 2.52. The SMILES string of the molecule is Cc1ncsc1CNc1ccccc1C(F)(F)F. The third-order valence-corrected chi connectivity index (χ3v) is 3.45. The summed E-state index contributed by atoms with van der Waals surface area (Å²) in [5.41, 5.74) is 1.98. The molecule has 96 valence electrons. The zero-order chi connectivity index (χ0) is 13.2. The van der Waals surface area contributed by atoms with Crippen molar-refractivity contribution in [3.63, 3.8) is 0 Å². The van der Waals surface area contributed by atoms with E-state index in [9.17, 15) is 13.2 Å². The summed E-state index contributed by atoms with van der Waals surface area (Å²) in [4.78, 5) is 4.99. The Kier molecular flexibility index (Phi) is 3.56. The molecule has 0 aliphatic rings. The van der Waals surface area contributed by atoms with Gasteiger partial charge in [-0.25, -0.2) is 4.98 Å². The lowest BCUT2D eigenvalue weighted by Gasteiger charge is -2.13. The first-order valence-corrected chi connectivity index (χ1v) is 6.15. The number of halogens is 3. The first-order chi connectivity index (χ1) is 8.48. The Balaban J connectivity index is 2.17. The summed E-state index contributed by atoms with van der Waals surface area (Å²) in [5, 5.41) is 2.81. The van der Waals surface area contributed by atoms with Crippen molar-refractivity contribution in [1.82, 2.24) is 4.98 Å². The molecule has 2 rings (SSSR count). The molecule has 0 amide bonds. The van der Waals surface area contributed by atoms with Gasteiger partial charge in [0.25, 0.3) is 0 Å². The Bertz CT molecular complexity index is 534. The number of aryl methyl sites for hydroxylation is 1. The maximum Gasteiger partial charge on any atom is 0.418 e. The van der Waals surface area contributed by atoms with Gasteiger partial charge in [0.05, 0.1) is 23.3 Å². The highest BCUT2D eigenvalue weighted by molar-refractivity contribution is 7.09. The van der Waals surface area contributed by atoms with Gasteiger partial charge in [0, 0.05) is 10.6 Å². The number of hydrogen-bond acceptors (Lipinski definition) is 3. The van der Waals surface area contributed by atoms with E-state index < -0.39 is 11.7 Å². The minimum Gasteiger partial charge on any atom is -0.380 e. The normalized spacial score (nSPS) is 11.6. The lowest BCUT2D eigenvalue weighted by Crippen LogP contribution is -2.10. The first-order valence-electron chi connectivity index (χ1n) is 5.27. The van der Waals surface area contributed by atoms with Gasteiger partial charge in [-0.3, -0.25) is 0 Å². The molecule has 0 saturated carbocycles. The number of nitrogens with one attached hydrogen (secondary N) is 1. The molecule has 2 nitrogen and oxygen atoms in total. The number of nitrogens with zero attached hydrogens (tertiary/aromatic N) is 1. The molecule has 1 aromatic heterocycles. The van der Waals surface area contributed by atoms with Crippen LogP contribution in [0.25, 0.3) is 0 Å². The second-order valence-electron chi connectivity index (χ2n) is 3.76. The van der Waals surface area contributed by atoms with Crippen LogP contribution in [-0.4, -0.2) is 4.98 Å². The van der Waals surface area contributed by atoms with E-state index in [1.54, 1.807) is 11.6 Å². The predicted molar refractivity (Wildman–Crippen MR) is 65.6 cm³/mol. The second-order valence-corrected chi connectivity index (χ2v) is 4.70. The monoisotopic (exact) mass is 272 g/mol. The molecule has 0 aliphatic heterocycles. The molecule has 18 heavy (non-hydrogen) atoms. The van der Waals surface area contributed by atoms with Gasteiger partial charge >= 0.3 is 6.18 Å². The largest absolute Gasteiger partial charge is 0.418 e. The second kappa shape index (κ2) is 4.97. The van der Waals surface area contributed by atoms with E-state index in [1.165, 1.54) is 23.5 Å². The van der Waals surface area contributed by atoms with E-state index in [0.717, 1.165) is 16.6 Å². The lowest BCUT2D eigenvalue weighted by molar-refractivity contribution is -0.136. The maximum atomic E-state index is 12.7. The number of aromatic nitrogens is 1. The van der Waals surface area contributed by atoms with Gasteiger partial charge in [-0.2, -0.15) is 13.2 Å². The van der Waals surface area contributed by atoms with Gasteiger partial charge < -0.3 is 5.32 Å². The zero-order valence-corrected chi connectivity index (χ0v) is 10.4. The van der Waals surface area contributed by atoms with E-state index >= 15 is 0 Å². The molecule has 1 heterocycles. The molecule has 0 aliphatic carbocycles. The predicted octanol–water partition coefficient (Wildman–Crippen LogP) is 4.08. The fourth-order valence-electron chi connectivity index (χ4n) is 1.56. The molecule has 0 atom stereocenters. The van der Waals surface area contributed by atoms with Gasteiger partial charge in [0.15, 0.2) is 0 Å². The number of para-hydroxylation sites is 1. The molecule has 2 aromatic rings. The van der Waals surface area contributed by atoms with Gasteiger partial charge in [-0.1, -0.05) is 12.1 Å². The molecule has 1 N–H and O–H groups in total. The van der Waals surface area contributed by atoms with Crippen LogP contribution in [0.1, 0.15) is 16.1 Å². The number of thiazole rings is 1. The van der Waals surface area contributed by atoms with Crippen LogP contribution in [0.3, 0.4) is 0 Å². The molecule has 0 unspecified atom stereocenters. The van der Waals surface area contributed by atoms with Gasteiger partial charge in [-0.15, -0.1) is 11.3 Å². The Hall–Kier alpha value is -1.56. The van der Waals surface area contributed by atoms with Crippen molar-refractivity contribution in [2.75, 3.05) is 5.32 Å². The Morgan fingerprint density at radius 3 is 2.61 bits per heavy atom. The highest BCUT2D eigenvalue weighted by Crippen LogP contribution is 2.34. The van der Waals surface area contributed by atoms with Crippen LogP contribution in [0.5, 0.6) is 0 Å². The summed E-state index contributed by atoms with van der Waals surface area (Å²) in [5.74, 6) is 0. The van der Waals surface area contributed by atoms with Crippen molar-refractivity contribution in [3.8, 4) is 0 Å². The molecule has 0 fully saturated rings. The van der Waals surface area contributed by atoms with Crippen molar-refractivity contribution in [3.05, 3.63) is 45.9 Å². The minimum absolute atomic E-state index is 0.0952. The zero-order valence-electron chi connectivity index (χ0n) is 9.58. The number of benzene rings is 1. The van der Waals surface area contributed by atoms with E-state index in [4.69, 9.17) is 0 Å². The summed E-state index contributed by atoms with van der Waals surface area (Å²) in [7, 11) is 0. The lowest BCUT2D eigenvalue weighted by atomic mass is 10.1. The van der Waals surface area contributed by atoms with Crippen LogP contribution in [0.15, 0.2) is 29.8 Å². The third kappa shape index (κ3) is 2.81. The van der Waals surface area contributed by atoms with Crippen molar-refractivity contribution in [2.45, 2.75) is 19.6 Å². The van der Waals surface area contributed by atoms with E-state index in [0.29, 0.717) is 6.54 Å². The quantitative estimate of drug-likeness (QED) is 0.910. The highest BCUT2D eigenvalue weighted by Gasteiger charge is 2.33. The average molecular weight is 272 g/mol. The molecule has 1 aromatic carbocycles. The van der Waals surface area contributed by atoms with Crippen molar-refractivity contribution in [1.29, 1.82) is 0 Å². The number of rotatable bonds is 3. The van der Waals surface area contributed by atoms with Crippen LogP contribution in [0.4, 0.5) is 18.9 Å². The minimum atomic E-state index is -4.34.